The smallest absolute Gasteiger partial charge is 0.128 e. The van der Waals surface area contributed by atoms with Crippen LogP contribution < -0.4 is 10.2 Å². The first-order valence-corrected chi connectivity index (χ1v) is 7.67. The Morgan fingerprint density at radius 1 is 1.30 bits per heavy atom. The molecule has 0 saturated carbocycles. The van der Waals surface area contributed by atoms with Gasteiger partial charge in [-0.2, -0.15) is 0 Å². The third-order valence-corrected chi connectivity index (χ3v) is 4.00. The number of nitrogens with one attached hydrogen (secondary N) is 1. The number of pyridine rings is 1. The van der Waals surface area contributed by atoms with E-state index in [0.717, 1.165) is 37.2 Å². The van der Waals surface area contributed by atoms with Gasteiger partial charge in [-0.3, -0.25) is 0 Å². The van der Waals surface area contributed by atoms with Crippen molar-refractivity contribution >= 4 is 5.82 Å². The van der Waals surface area contributed by atoms with Crippen LogP contribution in [0.1, 0.15) is 32.4 Å². The summed E-state index contributed by atoms with van der Waals surface area (Å²) in [7, 11) is 4.35. The molecule has 2 rings (SSSR count). The molecule has 0 bridgehead atoms. The normalized spacial score (nSPS) is 17.2. The first-order chi connectivity index (χ1) is 9.56. The monoisotopic (exact) mass is 276 g/mol. The van der Waals surface area contributed by atoms with Gasteiger partial charge in [0.05, 0.1) is 5.69 Å². The SMILES string of the molecule is CC(C)NCc1cccc(N2CCC(N(C)C)CC2)n1. The van der Waals surface area contributed by atoms with Crippen molar-refractivity contribution in [2.75, 3.05) is 32.1 Å². The van der Waals surface area contributed by atoms with Crippen molar-refractivity contribution < 1.29 is 0 Å². The predicted molar refractivity (Wildman–Crippen MR) is 85.1 cm³/mol. The van der Waals surface area contributed by atoms with Crippen LogP contribution in [0.3, 0.4) is 0 Å². The second-order valence-electron chi connectivity index (χ2n) is 6.20. The Balaban J connectivity index is 1.94. The predicted octanol–water partition coefficient (Wildman–Crippen LogP) is 2.11. The number of rotatable bonds is 5. The topological polar surface area (TPSA) is 31.4 Å². The van der Waals surface area contributed by atoms with Gasteiger partial charge in [-0.05, 0) is 39.1 Å². The van der Waals surface area contributed by atoms with Gasteiger partial charge in [0.15, 0.2) is 0 Å². The van der Waals surface area contributed by atoms with Gasteiger partial charge < -0.3 is 15.1 Å². The van der Waals surface area contributed by atoms with Crippen LogP contribution >= 0.6 is 0 Å². The second kappa shape index (κ2) is 7.04. The van der Waals surface area contributed by atoms with E-state index in [4.69, 9.17) is 4.98 Å². The summed E-state index contributed by atoms with van der Waals surface area (Å²) in [6.07, 6.45) is 2.45. The zero-order valence-corrected chi connectivity index (χ0v) is 13.3. The van der Waals surface area contributed by atoms with Crippen LogP contribution in [0.4, 0.5) is 5.82 Å². The summed E-state index contributed by atoms with van der Waals surface area (Å²) in [5.41, 5.74) is 1.13. The van der Waals surface area contributed by atoms with Crippen molar-refractivity contribution in [3.8, 4) is 0 Å². The van der Waals surface area contributed by atoms with Crippen molar-refractivity contribution in [3.05, 3.63) is 23.9 Å². The molecule has 1 aromatic heterocycles. The number of hydrogen-bond acceptors (Lipinski definition) is 4. The highest BCUT2D eigenvalue weighted by Gasteiger charge is 2.21. The molecule has 0 aliphatic carbocycles. The second-order valence-corrected chi connectivity index (χ2v) is 6.20. The van der Waals surface area contributed by atoms with Gasteiger partial charge in [-0.1, -0.05) is 19.9 Å². The first-order valence-electron chi connectivity index (χ1n) is 7.67. The summed E-state index contributed by atoms with van der Waals surface area (Å²) in [5.74, 6) is 1.13. The molecule has 1 aliphatic heterocycles. The van der Waals surface area contributed by atoms with Gasteiger partial charge in [0.25, 0.3) is 0 Å². The molecule has 1 aromatic rings. The number of anilines is 1. The fraction of sp³-hybridized carbons (Fsp3) is 0.688. The maximum atomic E-state index is 4.79. The third kappa shape index (κ3) is 4.18. The lowest BCUT2D eigenvalue weighted by atomic mass is 10.0. The van der Waals surface area contributed by atoms with Crippen LogP contribution in [0.15, 0.2) is 18.2 Å². The zero-order chi connectivity index (χ0) is 14.5. The first kappa shape index (κ1) is 15.3. The fourth-order valence-corrected chi connectivity index (χ4v) is 2.66. The Kier molecular flexibility index (Phi) is 5.38. The van der Waals surface area contributed by atoms with Crippen LogP contribution in [0.5, 0.6) is 0 Å². The standard InChI is InChI=1S/C16H28N4/c1-13(2)17-12-14-6-5-7-16(18-14)20-10-8-15(9-11-20)19(3)4/h5-7,13,15,17H,8-12H2,1-4H3. The van der Waals surface area contributed by atoms with E-state index in [2.05, 4.69) is 61.3 Å². The van der Waals surface area contributed by atoms with Gasteiger partial charge in [0, 0.05) is 31.7 Å². The van der Waals surface area contributed by atoms with E-state index < -0.39 is 0 Å². The largest absolute Gasteiger partial charge is 0.356 e. The molecule has 2 heterocycles. The van der Waals surface area contributed by atoms with Crippen LogP contribution in [-0.4, -0.2) is 49.2 Å². The van der Waals surface area contributed by atoms with Gasteiger partial charge in [-0.25, -0.2) is 4.98 Å². The lowest BCUT2D eigenvalue weighted by Gasteiger charge is -2.36. The quantitative estimate of drug-likeness (QED) is 0.892. The van der Waals surface area contributed by atoms with Crippen LogP contribution in [0, 0.1) is 0 Å². The van der Waals surface area contributed by atoms with Crippen LogP contribution in [0.2, 0.25) is 0 Å². The molecule has 0 unspecified atom stereocenters. The number of nitrogens with zero attached hydrogens (tertiary/aromatic N) is 3. The van der Waals surface area contributed by atoms with E-state index >= 15 is 0 Å². The van der Waals surface area contributed by atoms with Crippen LogP contribution in [0.25, 0.3) is 0 Å². The van der Waals surface area contributed by atoms with Gasteiger partial charge >= 0.3 is 0 Å². The Morgan fingerprint density at radius 2 is 2.00 bits per heavy atom. The molecule has 1 aliphatic rings. The minimum absolute atomic E-state index is 0.497. The zero-order valence-electron chi connectivity index (χ0n) is 13.3. The average molecular weight is 276 g/mol. The van der Waals surface area contributed by atoms with Crippen molar-refractivity contribution in [3.63, 3.8) is 0 Å². The molecule has 0 aromatic carbocycles. The lowest BCUT2D eigenvalue weighted by Crippen LogP contribution is -2.42. The molecule has 1 fully saturated rings. The van der Waals surface area contributed by atoms with Crippen LogP contribution in [-0.2, 0) is 6.54 Å². The molecule has 0 atom stereocenters. The Labute approximate surface area is 123 Å². The molecular weight excluding hydrogens is 248 g/mol. The van der Waals surface area contributed by atoms with Gasteiger partial charge in [-0.15, -0.1) is 0 Å². The van der Waals surface area contributed by atoms with E-state index in [0.29, 0.717) is 6.04 Å². The highest BCUT2D eigenvalue weighted by Crippen LogP contribution is 2.20. The van der Waals surface area contributed by atoms with Crippen molar-refractivity contribution in [2.45, 2.75) is 45.3 Å². The van der Waals surface area contributed by atoms with Gasteiger partial charge in [0.1, 0.15) is 5.82 Å². The number of piperidine rings is 1. The molecule has 1 N–H and O–H groups in total. The molecule has 1 saturated heterocycles. The molecule has 20 heavy (non-hydrogen) atoms. The van der Waals surface area contributed by atoms with Crippen molar-refractivity contribution in [2.24, 2.45) is 0 Å². The highest BCUT2D eigenvalue weighted by molar-refractivity contribution is 5.39. The minimum atomic E-state index is 0.497. The molecule has 4 nitrogen and oxygen atoms in total. The molecule has 0 spiro atoms. The average Bonchev–Trinajstić information content (AvgIpc) is 2.45. The highest BCUT2D eigenvalue weighted by atomic mass is 15.2. The number of hydrogen-bond donors (Lipinski definition) is 1. The molecule has 0 amide bonds. The third-order valence-electron chi connectivity index (χ3n) is 4.00. The number of aromatic nitrogens is 1. The maximum Gasteiger partial charge on any atom is 0.128 e. The fourth-order valence-electron chi connectivity index (χ4n) is 2.66. The Bertz CT molecular complexity index is 409. The molecule has 112 valence electrons. The van der Waals surface area contributed by atoms with E-state index in [1.54, 1.807) is 0 Å². The lowest BCUT2D eigenvalue weighted by molar-refractivity contribution is 0.249. The summed E-state index contributed by atoms with van der Waals surface area (Å²) in [6, 6.07) is 7.58. The van der Waals surface area contributed by atoms with E-state index in [1.165, 1.54) is 12.8 Å². The summed E-state index contributed by atoms with van der Waals surface area (Å²) < 4.78 is 0. The summed E-state index contributed by atoms with van der Waals surface area (Å²) in [5, 5.41) is 3.43. The summed E-state index contributed by atoms with van der Waals surface area (Å²) in [6.45, 7) is 7.39. The van der Waals surface area contributed by atoms with Gasteiger partial charge in [0.2, 0.25) is 0 Å². The Hall–Kier alpha value is -1.13. The summed E-state index contributed by atoms with van der Waals surface area (Å²) in [4.78, 5) is 9.54. The molecule has 4 heteroatoms. The maximum absolute atomic E-state index is 4.79. The Morgan fingerprint density at radius 3 is 2.60 bits per heavy atom. The van der Waals surface area contributed by atoms with Crippen molar-refractivity contribution in [1.29, 1.82) is 0 Å². The summed E-state index contributed by atoms with van der Waals surface area (Å²) >= 11 is 0. The van der Waals surface area contributed by atoms with E-state index in [9.17, 15) is 0 Å². The molecular formula is C16H28N4. The van der Waals surface area contributed by atoms with Crippen molar-refractivity contribution in [1.82, 2.24) is 15.2 Å². The van der Waals surface area contributed by atoms with E-state index in [-0.39, 0.29) is 0 Å². The molecule has 0 radical (unpaired) electrons. The van der Waals surface area contributed by atoms with E-state index in [1.807, 2.05) is 0 Å². The minimum Gasteiger partial charge on any atom is -0.356 e.